The fraction of sp³-hybridized carbons (Fsp3) is 0.441. The number of rotatable bonds is 24. The molecule has 0 spiro atoms. The van der Waals surface area contributed by atoms with Crippen LogP contribution in [0.1, 0.15) is 61.0 Å². The Balaban J connectivity index is 1.34. The zero-order valence-electron chi connectivity index (χ0n) is 29.3. The first-order chi connectivity index (χ1) is 25.5. The van der Waals surface area contributed by atoms with Gasteiger partial charge >= 0.3 is 5.97 Å². The minimum atomic E-state index is -1.31. The summed E-state index contributed by atoms with van der Waals surface area (Å²) in [6.45, 7) is 4.95. The first-order valence-electron chi connectivity index (χ1n) is 17.1. The third-order valence-electron chi connectivity index (χ3n) is 7.66. The van der Waals surface area contributed by atoms with Gasteiger partial charge in [-0.3, -0.25) is 29.0 Å². The van der Waals surface area contributed by atoms with Gasteiger partial charge in [0.05, 0.1) is 31.6 Å². The van der Waals surface area contributed by atoms with Crippen LogP contribution in [0.25, 0.3) is 11.2 Å². The van der Waals surface area contributed by atoms with Crippen LogP contribution in [0.4, 0.5) is 11.6 Å². The van der Waals surface area contributed by atoms with E-state index < -0.39 is 35.4 Å². The van der Waals surface area contributed by atoms with Crippen LogP contribution in [0.5, 0.6) is 0 Å². The number of aliphatic carboxylic acids is 1. The van der Waals surface area contributed by atoms with Gasteiger partial charge in [-0.25, -0.2) is 14.8 Å². The molecule has 1 aromatic carbocycles. The largest absolute Gasteiger partial charge is 0.480 e. The summed E-state index contributed by atoms with van der Waals surface area (Å²) in [7, 11) is 0. The number of allylic oxidation sites excluding steroid dienone is 1. The van der Waals surface area contributed by atoms with E-state index in [-0.39, 0.29) is 86.6 Å². The maximum atomic E-state index is 12.8. The number of nitrogens with two attached hydrogens (primary N) is 2. The highest BCUT2D eigenvalue weighted by Gasteiger charge is 2.22. The van der Waals surface area contributed by atoms with Crippen molar-refractivity contribution < 1.29 is 33.8 Å². The minimum Gasteiger partial charge on any atom is -0.480 e. The van der Waals surface area contributed by atoms with Gasteiger partial charge in [0.25, 0.3) is 11.5 Å². The molecule has 0 bridgehead atoms. The van der Waals surface area contributed by atoms with Crippen LogP contribution in [-0.4, -0.2) is 99.6 Å². The second-order valence-corrected chi connectivity index (χ2v) is 11.8. The summed E-state index contributed by atoms with van der Waals surface area (Å²) in [4.78, 5) is 88.3. The summed E-state index contributed by atoms with van der Waals surface area (Å²) in [6.07, 6.45) is 5.41. The number of nitrogens with zero attached hydrogens (tertiary/aromatic N) is 3. The molecule has 3 rings (SSSR count). The van der Waals surface area contributed by atoms with Crippen molar-refractivity contribution in [3.05, 3.63) is 64.7 Å². The van der Waals surface area contributed by atoms with Gasteiger partial charge < -0.3 is 47.9 Å². The smallest absolute Gasteiger partial charge is 0.326 e. The Bertz CT molecular complexity index is 1770. The molecule has 0 fully saturated rings. The van der Waals surface area contributed by atoms with Gasteiger partial charge in [-0.2, -0.15) is 4.98 Å². The Morgan fingerprint density at radius 1 is 0.943 bits per heavy atom. The quantitative estimate of drug-likeness (QED) is 0.0421. The summed E-state index contributed by atoms with van der Waals surface area (Å²) in [5.41, 5.74) is 12.0. The number of hydrogen-bond donors (Lipinski definition) is 9. The number of H-pyrrole nitrogens is 1. The van der Waals surface area contributed by atoms with Crippen molar-refractivity contribution in [2.24, 2.45) is 5.73 Å². The molecule has 19 nitrogen and oxygen atoms in total. The molecule has 2 atom stereocenters. The first kappa shape index (κ1) is 41.5. The lowest BCUT2D eigenvalue weighted by Gasteiger charge is -2.18. The number of carboxylic acids is 1. The minimum absolute atomic E-state index is 0.0450. The number of fused-ring (bicyclic) bond motifs is 1. The maximum absolute atomic E-state index is 12.8. The molecule has 286 valence electrons. The highest BCUT2D eigenvalue weighted by atomic mass is 16.5. The van der Waals surface area contributed by atoms with E-state index in [1.807, 2.05) is 0 Å². The monoisotopic (exact) mass is 737 g/mol. The third kappa shape index (κ3) is 14.7. The number of unbranched alkanes of at least 4 members (excludes halogenated alkanes) is 1. The molecule has 0 aliphatic carbocycles. The Hall–Kier alpha value is -5.95. The van der Waals surface area contributed by atoms with Gasteiger partial charge in [0.1, 0.15) is 12.1 Å². The number of anilines is 2. The number of nitrogens with one attached hydrogen (secondary N) is 6. The first-order valence-corrected chi connectivity index (χ1v) is 17.1. The number of carbonyl (C=O) groups excluding carboxylic acids is 4. The van der Waals surface area contributed by atoms with E-state index in [0.29, 0.717) is 37.2 Å². The van der Waals surface area contributed by atoms with Gasteiger partial charge in [0, 0.05) is 37.2 Å². The molecule has 4 amide bonds. The standard InChI is InChI=1S/C34H47N11O8/c1-2-3-7-27(47)42-24(6-4-5-14-35)31(49)38-16-18-53-17-15-37-26(46)13-12-25(33(51)52)43-30(48)21-8-10-22(11-9-21)39-19-23-20-40-29-28(41-23)32(50)45-34(36)44-29/h2,8-11,20,24-25,39H,1,3-7,12-19,35H2,(H,37,46)(H,38,49)(H,42,47)(H,43,48)(H,51,52)(H3,36,40,44,45,50)/t24-,25-/m1/s1. The summed E-state index contributed by atoms with van der Waals surface area (Å²) in [5.74, 6) is -2.97. The number of carbonyl (C=O) groups is 5. The van der Waals surface area contributed by atoms with Crippen LogP contribution in [0.3, 0.4) is 0 Å². The zero-order valence-corrected chi connectivity index (χ0v) is 29.3. The number of amides is 4. The van der Waals surface area contributed by atoms with Gasteiger partial charge in [-0.1, -0.05) is 6.08 Å². The Kier molecular flexibility index (Phi) is 17.3. The Labute approximate surface area is 305 Å². The Morgan fingerprint density at radius 3 is 2.38 bits per heavy atom. The van der Waals surface area contributed by atoms with Crippen molar-refractivity contribution in [2.45, 2.75) is 63.6 Å². The number of hydrogen-bond acceptors (Lipinski definition) is 13. The van der Waals surface area contributed by atoms with Crippen molar-refractivity contribution in [3.63, 3.8) is 0 Å². The van der Waals surface area contributed by atoms with Crippen LogP contribution < -0.4 is 43.6 Å². The molecule has 2 heterocycles. The van der Waals surface area contributed by atoms with Crippen molar-refractivity contribution >= 4 is 52.4 Å². The molecule has 2 aromatic heterocycles. The number of benzene rings is 1. The molecule has 0 unspecified atom stereocenters. The van der Waals surface area contributed by atoms with Crippen molar-refractivity contribution in [2.75, 3.05) is 43.9 Å². The van der Waals surface area contributed by atoms with Crippen LogP contribution >= 0.6 is 0 Å². The average Bonchev–Trinajstić information content (AvgIpc) is 3.14. The van der Waals surface area contributed by atoms with Crippen LogP contribution in [0, 0.1) is 0 Å². The molecule has 0 aliphatic heterocycles. The second-order valence-electron chi connectivity index (χ2n) is 11.8. The molecular weight excluding hydrogens is 690 g/mol. The summed E-state index contributed by atoms with van der Waals surface area (Å²) < 4.78 is 5.46. The molecule has 53 heavy (non-hydrogen) atoms. The number of carboxylic acid groups (broad SMARTS) is 1. The van der Waals surface area contributed by atoms with E-state index in [1.165, 1.54) is 18.3 Å². The molecule has 0 saturated heterocycles. The van der Waals surface area contributed by atoms with Crippen molar-refractivity contribution in [1.29, 1.82) is 0 Å². The maximum Gasteiger partial charge on any atom is 0.326 e. The van der Waals surface area contributed by atoms with Crippen LogP contribution in [0.2, 0.25) is 0 Å². The topological polar surface area (TPSA) is 299 Å². The molecule has 0 aliphatic rings. The summed E-state index contributed by atoms with van der Waals surface area (Å²) in [6, 6.07) is 4.25. The number of nitrogen functional groups attached to an aromatic ring is 1. The van der Waals surface area contributed by atoms with Crippen molar-refractivity contribution in [3.8, 4) is 0 Å². The fourth-order valence-electron chi connectivity index (χ4n) is 4.85. The fourth-order valence-corrected chi connectivity index (χ4v) is 4.85. The number of ether oxygens (including phenoxy) is 1. The molecule has 0 saturated carbocycles. The SMILES string of the molecule is C=CCCC(=O)N[C@H](CCCCN)C(=O)NCCOCCNC(=O)CC[C@@H](NC(=O)c1ccc(NCc2cnc3nc(N)[nH]c(=O)c3n2)cc1)C(=O)O. The third-order valence-corrected chi connectivity index (χ3v) is 7.66. The normalized spacial score (nSPS) is 11.9. The highest BCUT2D eigenvalue weighted by molar-refractivity contribution is 5.97. The van der Waals surface area contributed by atoms with E-state index in [4.69, 9.17) is 16.2 Å². The van der Waals surface area contributed by atoms with Gasteiger partial charge in [0.2, 0.25) is 23.7 Å². The van der Waals surface area contributed by atoms with Gasteiger partial charge in [-0.15, -0.1) is 6.58 Å². The average molecular weight is 738 g/mol. The summed E-state index contributed by atoms with van der Waals surface area (Å²) >= 11 is 0. The second kappa shape index (κ2) is 22.1. The summed E-state index contributed by atoms with van der Waals surface area (Å²) in [5, 5.41) is 23.3. The van der Waals surface area contributed by atoms with Crippen molar-refractivity contribution in [1.82, 2.24) is 41.2 Å². The molecule has 3 aromatic rings. The zero-order chi connectivity index (χ0) is 38.6. The van der Waals surface area contributed by atoms with Gasteiger partial charge in [0.15, 0.2) is 11.2 Å². The van der Waals surface area contributed by atoms with Crippen LogP contribution in [0.15, 0.2) is 47.9 Å². The van der Waals surface area contributed by atoms with E-state index >= 15 is 0 Å². The van der Waals surface area contributed by atoms with Gasteiger partial charge in [-0.05, 0) is 62.9 Å². The number of aromatic amines is 1. The predicted octanol–water partition coefficient (Wildman–Crippen LogP) is -0.300. The molecule has 19 heteroatoms. The van der Waals surface area contributed by atoms with E-state index in [1.54, 1.807) is 18.2 Å². The predicted molar refractivity (Wildman–Crippen MR) is 195 cm³/mol. The van der Waals surface area contributed by atoms with Crippen LogP contribution in [-0.2, 0) is 30.5 Å². The lowest BCUT2D eigenvalue weighted by atomic mass is 10.1. The molecule has 0 radical (unpaired) electrons. The van der Waals surface area contributed by atoms with E-state index in [2.05, 4.69) is 53.1 Å². The molecular formula is C34H47N11O8. The lowest BCUT2D eigenvalue weighted by molar-refractivity contribution is -0.139. The molecule has 11 N–H and O–H groups in total. The highest BCUT2D eigenvalue weighted by Crippen LogP contribution is 2.12. The Morgan fingerprint density at radius 2 is 1.68 bits per heavy atom. The van der Waals surface area contributed by atoms with E-state index in [0.717, 1.165) is 6.42 Å². The van der Waals surface area contributed by atoms with E-state index in [9.17, 15) is 33.9 Å². The lowest BCUT2D eigenvalue weighted by Crippen LogP contribution is -2.47. The number of aromatic nitrogens is 4.